The molecule has 3 aromatic rings. The van der Waals surface area contributed by atoms with E-state index in [9.17, 15) is 8.42 Å². The van der Waals surface area contributed by atoms with E-state index in [0.29, 0.717) is 44.4 Å². The minimum Gasteiger partial charge on any atom is -0.296 e. The molecule has 0 aliphatic carbocycles. The van der Waals surface area contributed by atoms with Gasteiger partial charge in [-0.1, -0.05) is 41.9 Å². The summed E-state index contributed by atoms with van der Waals surface area (Å²) in [5.41, 5.74) is 3.04. The summed E-state index contributed by atoms with van der Waals surface area (Å²) in [6.45, 7) is 5.39. The molecule has 0 bridgehead atoms. The van der Waals surface area contributed by atoms with Gasteiger partial charge in [-0.15, -0.1) is 0 Å². The second kappa shape index (κ2) is 8.85. The van der Waals surface area contributed by atoms with Crippen LogP contribution in [0.4, 0.5) is 0 Å². The molecule has 0 atom stereocenters. The monoisotopic (exact) mass is 445 g/mol. The highest BCUT2D eigenvalue weighted by Gasteiger charge is 2.29. The number of aryl methyl sites for hydroxylation is 1. The summed E-state index contributed by atoms with van der Waals surface area (Å²) in [5.74, 6) is 0. The van der Waals surface area contributed by atoms with E-state index >= 15 is 0 Å². The maximum atomic E-state index is 12.8. The number of sulfonamides is 1. The summed E-state index contributed by atoms with van der Waals surface area (Å²) < 4.78 is 28.9. The molecule has 0 saturated carbocycles. The molecule has 1 aliphatic rings. The Labute approximate surface area is 182 Å². The largest absolute Gasteiger partial charge is 0.296 e. The van der Waals surface area contributed by atoms with Crippen molar-refractivity contribution in [1.82, 2.24) is 24.0 Å². The molecule has 1 aliphatic heterocycles. The molecular formula is C21H24ClN5O2S. The van der Waals surface area contributed by atoms with E-state index in [4.69, 9.17) is 11.6 Å². The number of hydrogen-bond acceptors (Lipinski definition) is 5. The van der Waals surface area contributed by atoms with Crippen LogP contribution in [0.2, 0.25) is 5.15 Å². The van der Waals surface area contributed by atoms with Crippen LogP contribution in [0.1, 0.15) is 16.8 Å². The number of halogens is 1. The van der Waals surface area contributed by atoms with Gasteiger partial charge in [0.05, 0.1) is 12.2 Å². The van der Waals surface area contributed by atoms with Crippen molar-refractivity contribution in [3.05, 3.63) is 76.8 Å². The fourth-order valence-electron chi connectivity index (χ4n) is 3.63. The van der Waals surface area contributed by atoms with Crippen molar-refractivity contribution in [1.29, 1.82) is 0 Å². The Morgan fingerprint density at radius 3 is 2.40 bits per heavy atom. The lowest BCUT2D eigenvalue weighted by molar-refractivity contribution is 0.181. The third-order valence-corrected chi connectivity index (χ3v) is 7.65. The maximum absolute atomic E-state index is 12.8. The molecule has 1 saturated heterocycles. The van der Waals surface area contributed by atoms with Crippen molar-refractivity contribution < 1.29 is 8.42 Å². The van der Waals surface area contributed by atoms with E-state index in [1.807, 2.05) is 29.8 Å². The molecule has 1 fully saturated rings. The van der Waals surface area contributed by atoms with Crippen molar-refractivity contribution in [3.8, 4) is 0 Å². The van der Waals surface area contributed by atoms with Gasteiger partial charge < -0.3 is 0 Å². The highest BCUT2D eigenvalue weighted by atomic mass is 35.5. The van der Waals surface area contributed by atoms with Crippen LogP contribution in [-0.4, -0.2) is 58.6 Å². The van der Waals surface area contributed by atoms with Gasteiger partial charge in [-0.3, -0.25) is 9.88 Å². The molecule has 2 aromatic heterocycles. The molecule has 7 nitrogen and oxygen atoms in total. The van der Waals surface area contributed by atoms with Crippen molar-refractivity contribution in [2.75, 3.05) is 26.2 Å². The minimum absolute atomic E-state index is 0.236. The van der Waals surface area contributed by atoms with Gasteiger partial charge in [-0.2, -0.15) is 9.40 Å². The second-order valence-corrected chi connectivity index (χ2v) is 9.66. The Bertz CT molecular complexity index is 1100. The van der Waals surface area contributed by atoms with Crippen LogP contribution in [0.15, 0.2) is 59.8 Å². The van der Waals surface area contributed by atoms with Gasteiger partial charge in [-0.25, -0.2) is 13.1 Å². The van der Waals surface area contributed by atoms with E-state index in [1.165, 1.54) is 10.5 Å². The van der Waals surface area contributed by atoms with Crippen LogP contribution in [-0.2, 0) is 23.1 Å². The maximum Gasteiger partial charge on any atom is 0.244 e. The summed E-state index contributed by atoms with van der Waals surface area (Å²) in [6.07, 6.45) is 2.97. The molecule has 0 amide bonds. The first-order valence-corrected chi connectivity index (χ1v) is 11.6. The Hall–Kier alpha value is -2.26. The van der Waals surface area contributed by atoms with Gasteiger partial charge in [0.25, 0.3) is 0 Å². The molecule has 3 heterocycles. The molecular weight excluding hydrogens is 422 g/mol. The van der Waals surface area contributed by atoms with E-state index in [0.717, 1.165) is 16.8 Å². The Kier molecular flexibility index (Phi) is 6.19. The average Bonchev–Trinajstić information content (AvgIpc) is 3.03. The number of pyridine rings is 1. The number of benzene rings is 1. The van der Waals surface area contributed by atoms with E-state index in [1.54, 1.807) is 18.3 Å². The van der Waals surface area contributed by atoms with Crippen molar-refractivity contribution >= 4 is 21.6 Å². The van der Waals surface area contributed by atoms with Crippen LogP contribution >= 0.6 is 11.6 Å². The third kappa shape index (κ3) is 4.41. The fourth-order valence-corrected chi connectivity index (χ4v) is 5.31. The van der Waals surface area contributed by atoms with Crippen LogP contribution < -0.4 is 0 Å². The number of aromatic nitrogens is 3. The zero-order chi connectivity index (χ0) is 21.1. The lowest BCUT2D eigenvalue weighted by Crippen LogP contribution is -2.48. The standard InChI is InChI=1S/C21H24ClN5O2S/c1-17-20(21(22)27(24-17)15-18-6-3-2-4-7-18)16-25-10-12-26(13-11-25)30(28,29)19-8-5-9-23-14-19/h2-9,14H,10-13,15-16H2,1H3. The number of hydrogen-bond donors (Lipinski definition) is 0. The number of nitrogens with zero attached hydrogens (tertiary/aromatic N) is 5. The first kappa shape index (κ1) is 21.0. The predicted molar refractivity (Wildman–Crippen MR) is 116 cm³/mol. The van der Waals surface area contributed by atoms with Gasteiger partial charge >= 0.3 is 0 Å². The first-order valence-electron chi connectivity index (χ1n) is 9.83. The second-order valence-electron chi connectivity index (χ2n) is 7.37. The van der Waals surface area contributed by atoms with Crippen molar-refractivity contribution in [3.63, 3.8) is 0 Å². The first-order chi connectivity index (χ1) is 14.4. The molecule has 30 heavy (non-hydrogen) atoms. The zero-order valence-electron chi connectivity index (χ0n) is 16.8. The quantitative estimate of drug-likeness (QED) is 0.583. The van der Waals surface area contributed by atoms with Gasteiger partial charge in [0.1, 0.15) is 10.0 Å². The summed E-state index contributed by atoms with van der Waals surface area (Å²) in [5, 5.41) is 5.25. The normalized spacial score (nSPS) is 16.1. The van der Waals surface area contributed by atoms with Gasteiger partial charge in [0.15, 0.2) is 0 Å². The average molecular weight is 446 g/mol. The molecule has 9 heteroatoms. The highest BCUT2D eigenvalue weighted by molar-refractivity contribution is 7.89. The fraction of sp³-hybridized carbons (Fsp3) is 0.333. The molecule has 0 N–H and O–H groups in total. The Morgan fingerprint density at radius 1 is 1.00 bits per heavy atom. The van der Waals surface area contributed by atoms with Gasteiger partial charge in [0, 0.05) is 50.7 Å². The predicted octanol–water partition coefficient (Wildman–Crippen LogP) is 2.79. The highest BCUT2D eigenvalue weighted by Crippen LogP contribution is 2.24. The van der Waals surface area contributed by atoms with Crippen molar-refractivity contribution in [2.24, 2.45) is 0 Å². The Balaban J connectivity index is 1.41. The van der Waals surface area contributed by atoms with Crippen LogP contribution in [0, 0.1) is 6.92 Å². The van der Waals surface area contributed by atoms with Crippen LogP contribution in [0.25, 0.3) is 0 Å². The van der Waals surface area contributed by atoms with Crippen molar-refractivity contribution in [2.45, 2.75) is 24.9 Å². The van der Waals surface area contributed by atoms with E-state index in [-0.39, 0.29) is 4.90 Å². The molecule has 0 spiro atoms. The minimum atomic E-state index is -3.50. The van der Waals surface area contributed by atoms with E-state index in [2.05, 4.69) is 27.1 Å². The van der Waals surface area contributed by atoms with Crippen LogP contribution in [0.5, 0.6) is 0 Å². The van der Waals surface area contributed by atoms with E-state index < -0.39 is 10.0 Å². The smallest absolute Gasteiger partial charge is 0.244 e. The molecule has 0 unspecified atom stereocenters. The summed E-state index contributed by atoms with van der Waals surface area (Å²) >= 11 is 6.64. The molecule has 4 rings (SSSR count). The van der Waals surface area contributed by atoms with Gasteiger partial charge in [-0.05, 0) is 24.6 Å². The third-order valence-electron chi connectivity index (χ3n) is 5.34. The topological polar surface area (TPSA) is 71.3 Å². The Morgan fingerprint density at radius 2 is 1.73 bits per heavy atom. The lowest BCUT2D eigenvalue weighted by Gasteiger charge is -2.33. The number of rotatable bonds is 6. The molecule has 158 valence electrons. The SMILES string of the molecule is Cc1nn(Cc2ccccc2)c(Cl)c1CN1CCN(S(=O)(=O)c2cccnc2)CC1. The van der Waals surface area contributed by atoms with Crippen LogP contribution in [0.3, 0.4) is 0 Å². The zero-order valence-corrected chi connectivity index (χ0v) is 18.3. The summed E-state index contributed by atoms with van der Waals surface area (Å²) in [7, 11) is -3.50. The lowest BCUT2D eigenvalue weighted by atomic mass is 10.2. The molecule has 0 radical (unpaired) electrons. The molecule has 1 aromatic carbocycles. The summed E-state index contributed by atoms with van der Waals surface area (Å²) in [6, 6.07) is 13.3. The summed E-state index contributed by atoms with van der Waals surface area (Å²) in [4.78, 5) is 6.38. The number of piperazine rings is 1. The van der Waals surface area contributed by atoms with Gasteiger partial charge in [0.2, 0.25) is 10.0 Å².